The molecule has 0 aliphatic heterocycles. The van der Waals surface area contributed by atoms with Crippen LogP contribution in [0.25, 0.3) is 0 Å². The third-order valence-corrected chi connectivity index (χ3v) is 3.66. The summed E-state index contributed by atoms with van der Waals surface area (Å²) in [6.07, 6.45) is 9.24. The van der Waals surface area contributed by atoms with E-state index in [-0.39, 0.29) is 0 Å². The van der Waals surface area contributed by atoms with Crippen LogP contribution < -0.4 is 0 Å². The summed E-state index contributed by atoms with van der Waals surface area (Å²) < 4.78 is 0. The van der Waals surface area contributed by atoms with Crippen molar-refractivity contribution in [2.24, 2.45) is 17.8 Å². The first-order chi connectivity index (χ1) is 4.86. The van der Waals surface area contributed by atoms with Crippen molar-refractivity contribution in [1.29, 1.82) is 0 Å². The minimum Gasteiger partial charge on any atom is -0.0622 e. The first-order valence-corrected chi connectivity index (χ1v) is 4.86. The van der Waals surface area contributed by atoms with Gasteiger partial charge in [-0.15, -0.1) is 0 Å². The topological polar surface area (TPSA) is 0 Å². The standard InChI is InChI=1S/C10H18/c1-8-5-6-9-3-2-4-10(8)7-9/h8-10H,2-7H2,1H3/t8?,9-,10-/m0/s1. The number of fused-ring (bicyclic) bond motifs is 2. The van der Waals surface area contributed by atoms with Crippen LogP contribution in [0.3, 0.4) is 0 Å². The van der Waals surface area contributed by atoms with E-state index < -0.39 is 0 Å². The van der Waals surface area contributed by atoms with Crippen molar-refractivity contribution in [2.75, 3.05) is 0 Å². The molecule has 2 rings (SSSR count). The summed E-state index contributed by atoms with van der Waals surface area (Å²) in [5, 5.41) is 0. The summed E-state index contributed by atoms with van der Waals surface area (Å²) in [7, 11) is 0. The molecule has 1 unspecified atom stereocenters. The Morgan fingerprint density at radius 2 is 1.90 bits per heavy atom. The Balaban J connectivity index is 2.00. The summed E-state index contributed by atoms with van der Waals surface area (Å²) in [6.45, 7) is 2.45. The fourth-order valence-corrected chi connectivity index (χ4v) is 2.85. The van der Waals surface area contributed by atoms with Crippen LogP contribution >= 0.6 is 0 Å². The first-order valence-electron chi connectivity index (χ1n) is 4.86. The van der Waals surface area contributed by atoms with E-state index in [1.165, 1.54) is 25.7 Å². The van der Waals surface area contributed by atoms with Gasteiger partial charge in [-0.1, -0.05) is 39.0 Å². The molecule has 0 aromatic heterocycles. The van der Waals surface area contributed by atoms with E-state index >= 15 is 0 Å². The first kappa shape index (κ1) is 6.69. The molecule has 0 aromatic carbocycles. The van der Waals surface area contributed by atoms with Gasteiger partial charge in [0.15, 0.2) is 0 Å². The minimum atomic E-state index is 1.05. The fourth-order valence-electron chi connectivity index (χ4n) is 2.85. The molecule has 2 aliphatic rings. The lowest BCUT2D eigenvalue weighted by molar-refractivity contribution is 0.133. The molecular formula is C10H18. The summed E-state index contributed by atoms with van der Waals surface area (Å²) >= 11 is 0. The molecule has 0 amide bonds. The van der Waals surface area contributed by atoms with Gasteiger partial charge in [0.25, 0.3) is 0 Å². The molecule has 2 bridgehead atoms. The van der Waals surface area contributed by atoms with Crippen molar-refractivity contribution in [3.8, 4) is 0 Å². The lowest BCUT2D eigenvalue weighted by Gasteiger charge is -2.38. The van der Waals surface area contributed by atoms with Crippen molar-refractivity contribution < 1.29 is 0 Å². The van der Waals surface area contributed by atoms with Crippen molar-refractivity contribution >= 4 is 0 Å². The van der Waals surface area contributed by atoms with E-state index in [2.05, 4.69) is 6.92 Å². The smallest absolute Gasteiger partial charge is 0.0386 e. The maximum Gasteiger partial charge on any atom is -0.0386 e. The van der Waals surface area contributed by atoms with Crippen LogP contribution in [0.2, 0.25) is 0 Å². The van der Waals surface area contributed by atoms with Crippen LogP contribution in [0.4, 0.5) is 0 Å². The molecule has 0 N–H and O–H groups in total. The fraction of sp³-hybridized carbons (Fsp3) is 1.00. The van der Waals surface area contributed by atoms with Gasteiger partial charge >= 0.3 is 0 Å². The average Bonchev–Trinajstić information content (AvgIpc) is 1.99. The van der Waals surface area contributed by atoms with Gasteiger partial charge in [0.05, 0.1) is 0 Å². The number of hydrogen-bond acceptors (Lipinski definition) is 0. The van der Waals surface area contributed by atoms with Gasteiger partial charge in [-0.25, -0.2) is 0 Å². The van der Waals surface area contributed by atoms with Crippen LogP contribution in [0.15, 0.2) is 0 Å². The number of rotatable bonds is 0. The average molecular weight is 138 g/mol. The Morgan fingerprint density at radius 3 is 2.70 bits per heavy atom. The van der Waals surface area contributed by atoms with Gasteiger partial charge in [0.1, 0.15) is 0 Å². The molecule has 3 atom stereocenters. The monoisotopic (exact) mass is 138 g/mol. The maximum atomic E-state index is 2.45. The minimum absolute atomic E-state index is 1.05. The highest BCUT2D eigenvalue weighted by atomic mass is 14.4. The van der Waals surface area contributed by atoms with E-state index in [0.29, 0.717) is 0 Å². The molecule has 0 radical (unpaired) electrons. The molecule has 0 heteroatoms. The summed E-state index contributed by atoms with van der Waals surface area (Å²) in [4.78, 5) is 0. The predicted octanol–water partition coefficient (Wildman–Crippen LogP) is 3.22. The Hall–Kier alpha value is 0. The van der Waals surface area contributed by atoms with E-state index in [1.54, 1.807) is 12.8 Å². The lowest BCUT2D eigenvalue weighted by Crippen LogP contribution is -2.26. The zero-order chi connectivity index (χ0) is 6.97. The second-order valence-corrected chi connectivity index (χ2v) is 4.35. The molecule has 2 aliphatic carbocycles. The zero-order valence-electron chi connectivity index (χ0n) is 6.97. The zero-order valence-corrected chi connectivity index (χ0v) is 6.97. The second-order valence-electron chi connectivity index (χ2n) is 4.35. The molecular weight excluding hydrogens is 120 g/mol. The predicted molar refractivity (Wildman–Crippen MR) is 43.8 cm³/mol. The quantitative estimate of drug-likeness (QED) is 0.482. The number of hydrogen-bond donors (Lipinski definition) is 0. The van der Waals surface area contributed by atoms with Crippen molar-refractivity contribution in [1.82, 2.24) is 0 Å². The SMILES string of the molecule is CC1CC[C@@H]2CCC[C@H]1C2. The second kappa shape index (κ2) is 2.56. The van der Waals surface area contributed by atoms with Gasteiger partial charge in [0.2, 0.25) is 0 Å². The van der Waals surface area contributed by atoms with E-state index in [1.807, 2.05) is 0 Å². The van der Waals surface area contributed by atoms with Gasteiger partial charge in [0, 0.05) is 0 Å². The van der Waals surface area contributed by atoms with Crippen LogP contribution in [-0.4, -0.2) is 0 Å². The molecule has 58 valence electrons. The molecule has 0 nitrogen and oxygen atoms in total. The molecule has 2 fully saturated rings. The van der Waals surface area contributed by atoms with E-state index in [9.17, 15) is 0 Å². The highest BCUT2D eigenvalue weighted by molar-refractivity contribution is 4.81. The van der Waals surface area contributed by atoms with Gasteiger partial charge in [-0.05, 0) is 24.2 Å². The third-order valence-electron chi connectivity index (χ3n) is 3.66. The molecule has 0 spiro atoms. The molecule has 0 aromatic rings. The van der Waals surface area contributed by atoms with Crippen molar-refractivity contribution in [3.63, 3.8) is 0 Å². The Kier molecular flexibility index (Phi) is 1.71. The van der Waals surface area contributed by atoms with Crippen LogP contribution in [-0.2, 0) is 0 Å². The Morgan fingerprint density at radius 1 is 1.00 bits per heavy atom. The van der Waals surface area contributed by atoms with Gasteiger partial charge in [-0.3, -0.25) is 0 Å². The maximum absolute atomic E-state index is 2.45. The Labute approximate surface area is 64.0 Å². The van der Waals surface area contributed by atoms with E-state index in [0.717, 1.165) is 17.8 Å². The summed E-state index contributed by atoms with van der Waals surface area (Å²) in [5.41, 5.74) is 0. The summed E-state index contributed by atoms with van der Waals surface area (Å²) in [5.74, 6) is 3.30. The highest BCUT2D eigenvalue weighted by Crippen LogP contribution is 2.42. The largest absolute Gasteiger partial charge is 0.0622 e. The van der Waals surface area contributed by atoms with E-state index in [4.69, 9.17) is 0 Å². The third kappa shape index (κ3) is 1.09. The van der Waals surface area contributed by atoms with Gasteiger partial charge < -0.3 is 0 Å². The van der Waals surface area contributed by atoms with Crippen LogP contribution in [0.5, 0.6) is 0 Å². The van der Waals surface area contributed by atoms with Crippen molar-refractivity contribution in [2.45, 2.75) is 45.4 Å². The highest BCUT2D eigenvalue weighted by Gasteiger charge is 2.30. The molecule has 10 heavy (non-hydrogen) atoms. The summed E-state index contributed by atoms with van der Waals surface area (Å²) in [6, 6.07) is 0. The van der Waals surface area contributed by atoms with Crippen molar-refractivity contribution in [3.05, 3.63) is 0 Å². The van der Waals surface area contributed by atoms with Crippen LogP contribution in [0, 0.1) is 17.8 Å². The normalized spacial score (nSPS) is 47.1. The van der Waals surface area contributed by atoms with Crippen LogP contribution in [0.1, 0.15) is 45.4 Å². The lowest BCUT2D eigenvalue weighted by atomic mass is 9.67. The molecule has 2 saturated carbocycles. The molecule has 0 saturated heterocycles. The Bertz CT molecular complexity index is 115. The molecule has 0 heterocycles. The van der Waals surface area contributed by atoms with Gasteiger partial charge in [-0.2, -0.15) is 0 Å².